The van der Waals surface area contributed by atoms with E-state index in [4.69, 9.17) is 5.73 Å². The van der Waals surface area contributed by atoms with Crippen LogP contribution in [0.4, 0.5) is 5.82 Å². The normalized spacial score (nSPS) is 10.6. The van der Waals surface area contributed by atoms with Gasteiger partial charge >= 0.3 is 0 Å². The largest absolute Gasteiger partial charge is 0.382 e. The zero-order valence-corrected chi connectivity index (χ0v) is 10.2. The van der Waals surface area contributed by atoms with E-state index in [0.717, 1.165) is 21.3 Å². The molecule has 78 valence electrons. The average Bonchev–Trinajstić information content (AvgIpc) is 2.49. The first kappa shape index (κ1) is 10.2. The van der Waals surface area contributed by atoms with Gasteiger partial charge in [-0.3, -0.25) is 5.10 Å². The number of H-pyrrole nitrogens is 1. The second-order valence-corrected chi connectivity index (χ2v) is 4.39. The lowest BCUT2D eigenvalue weighted by molar-refractivity contribution is 1.10. The van der Waals surface area contributed by atoms with Gasteiger partial charge in [0.05, 0.1) is 5.69 Å². The molecule has 0 saturated carbocycles. The number of aromatic amines is 1. The predicted molar refractivity (Wildman–Crippen MR) is 65.6 cm³/mol. The second kappa shape index (κ2) is 3.70. The van der Waals surface area contributed by atoms with Gasteiger partial charge in [-0.15, -0.1) is 0 Å². The van der Waals surface area contributed by atoms with Crippen LogP contribution in [0, 0.1) is 13.8 Å². The van der Waals surface area contributed by atoms with Crippen molar-refractivity contribution in [1.82, 2.24) is 10.2 Å². The first-order chi connectivity index (χ1) is 7.11. The highest BCUT2D eigenvalue weighted by Gasteiger charge is 2.12. The van der Waals surface area contributed by atoms with E-state index in [-0.39, 0.29) is 0 Å². The summed E-state index contributed by atoms with van der Waals surface area (Å²) in [5.41, 5.74) is 10.0. The predicted octanol–water partition coefficient (Wildman–Crippen LogP) is 3.04. The molecule has 3 N–H and O–H groups in total. The summed E-state index contributed by atoms with van der Waals surface area (Å²) >= 11 is 3.54. The van der Waals surface area contributed by atoms with E-state index in [0.29, 0.717) is 5.82 Å². The molecule has 0 unspecified atom stereocenters. The molecule has 0 bridgehead atoms. The van der Waals surface area contributed by atoms with Gasteiger partial charge in [-0.05, 0) is 25.5 Å². The van der Waals surface area contributed by atoms with Gasteiger partial charge in [0.15, 0.2) is 0 Å². The number of halogens is 1. The number of benzene rings is 1. The Morgan fingerprint density at radius 2 is 2.07 bits per heavy atom. The third-order valence-corrected chi connectivity index (χ3v) is 3.18. The Bertz CT molecular complexity index is 482. The standard InChI is InChI=1S/C11H12BrN3/c1-6-4-3-5-8(12)9(6)10-7(2)11(13)15-14-10/h3-5H,1-2H3,(H3,13,14,15). The van der Waals surface area contributed by atoms with Crippen LogP contribution in [0.3, 0.4) is 0 Å². The fraction of sp³-hybridized carbons (Fsp3) is 0.182. The third kappa shape index (κ3) is 1.65. The van der Waals surface area contributed by atoms with Crippen molar-refractivity contribution < 1.29 is 0 Å². The summed E-state index contributed by atoms with van der Waals surface area (Å²) in [5, 5.41) is 6.97. The molecule has 0 aliphatic heterocycles. The monoisotopic (exact) mass is 265 g/mol. The van der Waals surface area contributed by atoms with Crippen LogP contribution in [0.1, 0.15) is 11.1 Å². The molecule has 1 aromatic carbocycles. The van der Waals surface area contributed by atoms with Crippen molar-refractivity contribution >= 4 is 21.7 Å². The molecule has 0 fully saturated rings. The van der Waals surface area contributed by atoms with E-state index in [1.54, 1.807) is 0 Å². The molecule has 0 saturated heterocycles. The second-order valence-electron chi connectivity index (χ2n) is 3.54. The van der Waals surface area contributed by atoms with Gasteiger partial charge in [0.1, 0.15) is 5.82 Å². The molecular formula is C11H12BrN3. The van der Waals surface area contributed by atoms with E-state index in [2.05, 4.69) is 39.1 Å². The first-order valence-electron chi connectivity index (χ1n) is 4.67. The van der Waals surface area contributed by atoms with Crippen LogP contribution in [0.25, 0.3) is 11.3 Å². The molecule has 0 aliphatic rings. The van der Waals surface area contributed by atoms with E-state index in [1.807, 2.05) is 19.1 Å². The van der Waals surface area contributed by atoms with E-state index >= 15 is 0 Å². The molecule has 2 aromatic rings. The smallest absolute Gasteiger partial charge is 0.148 e. The summed E-state index contributed by atoms with van der Waals surface area (Å²) in [5.74, 6) is 0.556. The number of aryl methyl sites for hydroxylation is 1. The van der Waals surface area contributed by atoms with Crippen LogP contribution in [-0.4, -0.2) is 10.2 Å². The molecule has 2 rings (SSSR count). The summed E-state index contributed by atoms with van der Waals surface area (Å²) in [4.78, 5) is 0. The number of anilines is 1. The molecule has 15 heavy (non-hydrogen) atoms. The van der Waals surface area contributed by atoms with Crippen molar-refractivity contribution in [3.63, 3.8) is 0 Å². The number of hydrogen-bond acceptors (Lipinski definition) is 2. The molecule has 3 nitrogen and oxygen atoms in total. The Labute approximate surface area is 96.8 Å². The zero-order chi connectivity index (χ0) is 11.0. The van der Waals surface area contributed by atoms with Crippen molar-refractivity contribution in [2.24, 2.45) is 0 Å². The summed E-state index contributed by atoms with van der Waals surface area (Å²) in [6, 6.07) is 6.09. The number of nitrogens with two attached hydrogens (primary N) is 1. The lowest BCUT2D eigenvalue weighted by atomic mass is 10.0. The molecule has 0 amide bonds. The van der Waals surface area contributed by atoms with Gasteiger partial charge in [-0.1, -0.05) is 28.1 Å². The highest BCUT2D eigenvalue weighted by Crippen LogP contribution is 2.33. The van der Waals surface area contributed by atoms with Crippen molar-refractivity contribution in [1.29, 1.82) is 0 Å². The molecule has 1 heterocycles. The van der Waals surface area contributed by atoms with Gasteiger partial charge < -0.3 is 5.73 Å². The summed E-state index contributed by atoms with van der Waals surface area (Å²) in [6.07, 6.45) is 0. The lowest BCUT2D eigenvalue weighted by Gasteiger charge is -2.07. The quantitative estimate of drug-likeness (QED) is 0.833. The minimum absolute atomic E-state index is 0.556. The van der Waals surface area contributed by atoms with Crippen molar-refractivity contribution in [3.8, 4) is 11.3 Å². The molecule has 0 radical (unpaired) electrons. The Balaban J connectivity index is 2.69. The van der Waals surface area contributed by atoms with Crippen LogP contribution in [0.15, 0.2) is 22.7 Å². The van der Waals surface area contributed by atoms with Crippen LogP contribution in [0.2, 0.25) is 0 Å². The molecule has 0 atom stereocenters. The molecule has 0 spiro atoms. The first-order valence-corrected chi connectivity index (χ1v) is 5.46. The van der Waals surface area contributed by atoms with Crippen molar-refractivity contribution in [3.05, 3.63) is 33.8 Å². The zero-order valence-electron chi connectivity index (χ0n) is 8.63. The fourth-order valence-corrected chi connectivity index (χ4v) is 2.27. The summed E-state index contributed by atoms with van der Waals surface area (Å²) < 4.78 is 1.05. The number of rotatable bonds is 1. The van der Waals surface area contributed by atoms with Gasteiger partial charge in [-0.2, -0.15) is 5.10 Å². The lowest BCUT2D eigenvalue weighted by Crippen LogP contribution is -1.89. The van der Waals surface area contributed by atoms with E-state index < -0.39 is 0 Å². The number of aromatic nitrogens is 2. The summed E-state index contributed by atoms with van der Waals surface area (Å²) in [7, 11) is 0. The number of hydrogen-bond donors (Lipinski definition) is 2. The highest BCUT2D eigenvalue weighted by atomic mass is 79.9. The van der Waals surface area contributed by atoms with Crippen molar-refractivity contribution in [2.45, 2.75) is 13.8 Å². The van der Waals surface area contributed by atoms with Crippen LogP contribution < -0.4 is 5.73 Å². The Morgan fingerprint density at radius 3 is 2.60 bits per heavy atom. The van der Waals surface area contributed by atoms with Crippen LogP contribution in [-0.2, 0) is 0 Å². The maximum atomic E-state index is 5.72. The minimum Gasteiger partial charge on any atom is -0.382 e. The maximum Gasteiger partial charge on any atom is 0.148 e. The fourth-order valence-electron chi connectivity index (χ4n) is 1.60. The van der Waals surface area contributed by atoms with E-state index in [1.165, 1.54) is 5.56 Å². The molecule has 0 aliphatic carbocycles. The van der Waals surface area contributed by atoms with Crippen LogP contribution in [0.5, 0.6) is 0 Å². The topological polar surface area (TPSA) is 54.7 Å². The van der Waals surface area contributed by atoms with Crippen LogP contribution >= 0.6 is 15.9 Å². The number of nitrogens with zero attached hydrogens (tertiary/aromatic N) is 1. The number of nitrogens with one attached hydrogen (secondary N) is 1. The third-order valence-electron chi connectivity index (χ3n) is 2.52. The number of nitrogen functional groups attached to an aromatic ring is 1. The Kier molecular flexibility index (Phi) is 2.52. The molecular weight excluding hydrogens is 254 g/mol. The molecule has 4 heteroatoms. The van der Waals surface area contributed by atoms with Crippen molar-refractivity contribution in [2.75, 3.05) is 5.73 Å². The van der Waals surface area contributed by atoms with Gasteiger partial charge in [0, 0.05) is 15.6 Å². The van der Waals surface area contributed by atoms with Gasteiger partial charge in [0.2, 0.25) is 0 Å². The molecule has 1 aromatic heterocycles. The minimum atomic E-state index is 0.556. The summed E-state index contributed by atoms with van der Waals surface area (Å²) in [6.45, 7) is 4.03. The van der Waals surface area contributed by atoms with E-state index in [9.17, 15) is 0 Å². The average molecular weight is 266 g/mol. The maximum absolute atomic E-state index is 5.72. The van der Waals surface area contributed by atoms with Gasteiger partial charge in [0.25, 0.3) is 0 Å². The highest BCUT2D eigenvalue weighted by molar-refractivity contribution is 9.10. The SMILES string of the molecule is Cc1cccc(Br)c1-c1[nH]nc(N)c1C. The Morgan fingerprint density at radius 1 is 1.33 bits per heavy atom. The Hall–Kier alpha value is -1.29. The van der Waals surface area contributed by atoms with Gasteiger partial charge in [-0.25, -0.2) is 0 Å².